The van der Waals surface area contributed by atoms with Crippen LogP contribution in [-0.4, -0.2) is 53.8 Å². The Labute approximate surface area is 121 Å². The second kappa shape index (κ2) is 5.92. The minimum absolute atomic E-state index is 0.210. The van der Waals surface area contributed by atoms with Crippen LogP contribution in [0, 0.1) is 5.92 Å². The van der Waals surface area contributed by atoms with Gasteiger partial charge in [0.2, 0.25) is 0 Å². The Bertz CT molecular complexity index is 301. The summed E-state index contributed by atoms with van der Waals surface area (Å²) in [4.78, 5) is 2.66. The standard InChI is InChI=1S/C15H28N2OS/c1-12-2-6-17(11-14(12)16)13-3-7-18-15(10-13)4-8-19-9-5-15/h12-14H,2-11,16H2,1H3. The van der Waals surface area contributed by atoms with Crippen molar-refractivity contribution in [1.82, 2.24) is 4.90 Å². The van der Waals surface area contributed by atoms with Crippen LogP contribution in [0.1, 0.15) is 39.0 Å². The first-order chi connectivity index (χ1) is 9.19. The zero-order valence-corrected chi connectivity index (χ0v) is 13.0. The summed E-state index contributed by atoms with van der Waals surface area (Å²) in [5.74, 6) is 3.25. The second-order valence-electron chi connectivity index (χ2n) is 6.72. The van der Waals surface area contributed by atoms with Gasteiger partial charge in [0, 0.05) is 25.2 Å². The van der Waals surface area contributed by atoms with Crippen LogP contribution in [0.25, 0.3) is 0 Å². The van der Waals surface area contributed by atoms with E-state index in [1.54, 1.807) is 0 Å². The molecular formula is C15H28N2OS. The highest BCUT2D eigenvalue weighted by atomic mass is 32.2. The van der Waals surface area contributed by atoms with Crippen LogP contribution < -0.4 is 5.73 Å². The van der Waals surface area contributed by atoms with Crippen molar-refractivity contribution in [3.8, 4) is 0 Å². The number of nitrogens with zero attached hydrogens (tertiary/aromatic N) is 1. The predicted molar refractivity (Wildman–Crippen MR) is 81.6 cm³/mol. The Kier molecular flexibility index (Phi) is 4.42. The third-order valence-corrected chi connectivity index (χ3v) is 6.42. The number of likely N-dealkylation sites (tertiary alicyclic amines) is 1. The van der Waals surface area contributed by atoms with Gasteiger partial charge in [-0.15, -0.1) is 0 Å². The molecule has 3 rings (SSSR count). The fraction of sp³-hybridized carbons (Fsp3) is 1.00. The fourth-order valence-corrected chi connectivity index (χ4v) is 5.10. The van der Waals surface area contributed by atoms with Crippen molar-refractivity contribution in [2.24, 2.45) is 11.7 Å². The van der Waals surface area contributed by atoms with E-state index in [2.05, 4.69) is 23.6 Å². The molecule has 0 aliphatic carbocycles. The summed E-state index contributed by atoms with van der Waals surface area (Å²) >= 11 is 2.09. The first-order valence-corrected chi connectivity index (χ1v) is 9.05. The van der Waals surface area contributed by atoms with Crippen molar-refractivity contribution >= 4 is 11.8 Å². The SMILES string of the molecule is CC1CCN(C2CCOC3(CCSCC3)C2)CC1N. The van der Waals surface area contributed by atoms with E-state index in [4.69, 9.17) is 10.5 Å². The lowest BCUT2D eigenvalue weighted by Crippen LogP contribution is -2.56. The maximum Gasteiger partial charge on any atom is 0.0713 e. The second-order valence-corrected chi connectivity index (χ2v) is 7.94. The van der Waals surface area contributed by atoms with Gasteiger partial charge in [-0.05, 0) is 56.1 Å². The van der Waals surface area contributed by atoms with Crippen LogP contribution in [0.2, 0.25) is 0 Å². The molecule has 0 saturated carbocycles. The highest BCUT2D eigenvalue weighted by molar-refractivity contribution is 7.99. The zero-order chi connectivity index (χ0) is 13.3. The van der Waals surface area contributed by atoms with E-state index in [1.807, 2.05) is 0 Å². The molecule has 3 fully saturated rings. The lowest BCUT2D eigenvalue weighted by Gasteiger charge is -2.48. The summed E-state index contributed by atoms with van der Waals surface area (Å²) in [5, 5.41) is 0. The number of nitrogens with two attached hydrogens (primary N) is 1. The van der Waals surface area contributed by atoms with Gasteiger partial charge in [-0.1, -0.05) is 6.92 Å². The summed E-state index contributed by atoms with van der Waals surface area (Å²) in [6, 6.07) is 1.09. The van der Waals surface area contributed by atoms with Crippen molar-refractivity contribution in [2.45, 2.75) is 56.7 Å². The Hall–Kier alpha value is 0.230. The smallest absolute Gasteiger partial charge is 0.0713 e. The van der Waals surface area contributed by atoms with Crippen LogP contribution in [0.4, 0.5) is 0 Å². The van der Waals surface area contributed by atoms with E-state index in [1.165, 1.54) is 50.2 Å². The first-order valence-electron chi connectivity index (χ1n) is 7.90. The summed E-state index contributed by atoms with van der Waals surface area (Å²) in [7, 11) is 0. The molecule has 0 aromatic carbocycles. The molecule has 3 atom stereocenters. The van der Waals surface area contributed by atoms with Gasteiger partial charge in [-0.2, -0.15) is 11.8 Å². The summed E-state index contributed by atoms with van der Waals surface area (Å²) < 4.78 is 6.20. The van der Waals surface area contributed by atoms with Crippen molar-refractivity contribution in [3.63, 3.8) is 0 Å². The molecule has 3 unspecified atom stereocenters. The Morgan fingerprint density at radius 3 is 2.79 bits per heavy atom. The Morgan fingerprint density at radius 1 is 1.26 bits per heavy atom. The van der Waals surface area contributed by atoms with Gasteiger partial charge in [-0.25, -0.2) is 0 Å². The monoisotopic (exact) mass is 284 g/mol. The van der Waals surface area contributed by atoms with E-state index in [-0.39, 0.29) is 5.60 Å². The molecule has 110 valence electrons. The molecule has 0 amide bonds. The van der Waals surface area contributed by atoms with Crippen LogP contribution in [0.15, 0.2) is 0 Å². The van der Waals surface area contributed by atoms with Gasteiger partial charge in [-0.3, -0.25) is 4.90 Å². The van der Waals surface area contributed by atoms with Crippen LogP contribution in [0.3, 0.4) is 0 Å². The lowest BCUT2D eigenvalue weighted by molar-refractivity contribution is -0.113. The molecule has 0 aromatic rings. The van der Waals surface area contributed by atoms with Crippen LogP contribution >= 0.6 is 11.8 Å². The van der Waals surface area contributed by atoms with E-state index < -0.39 is 0 Å². The average Bonchev–Trinajstić information content (AvgIpc) is 2.43. The normalized spacial score (nSPS) is 40.4. The predicted octanol–water partition coefficient (Wildman–Crippen LogP) is 2.10. The minimum Gasteiger partial charge on any atom is -0.375 e. The molecule has 19 heavy (non-hydrogen) atoms. The third kappa shape index (κ3) is 3.12. The molecule has 4 heteroatoms. The van der Waals surface area contributed by atoms with Gasteiger partial charge in [0.25, 0.3) is 0 Å². The fourth-order valence-electron chi connectivity index (χ4n) is 3.86. The third-order valence-electron chi connectivity index (χ3n) is 5.44. The van der Waals surface area contributed by atoms with Gasteiger partial charge >= 0.3 is 0 Å². The number of thioether (sulfide) groups is 1. The Balaban J connectivity index is 1.61. The maximum absolute atomic E-state index is 6.27. The quantitative estimate of drug-likeness (QED) is 0.800. The van der Waals surface area contributed by atoms with Crippen molar-refractivity contribution < 1.29 is 4.74 Å². The Morgan fingerprint density at radius 2 is 2.05 bits per heavy atom. The van der Waals surface area contributed by atoms with Crippen LogP contribution in [-0.2, 0) is 4.74 Å². The summed E-state index contributed by atoms with van der Waals surface area (Å²) in [6.07, 6.45) is 6.22. The number of hydrogen-bond donors (Lipinski definition) is 1. The first kappa shape index (κ1) is 14.2. The van der Waals surface area contributed by atoms with Crippen LogP contribution in [0.5, 0.6) is 0 Å². The van der Waals surface area contributed by atoms with Gasteiger partial charge in [0.05, 0.1) is 5.60 Å². The molecule has 3 nitrogen and oxygen atoms in total. The number of piperidine rings is 1. The maximum atomic E-state index is 6.27. The molecule has 3 aliphatic rings. The topological polar surface area (TPSA) is 38.5 Å². The molecule has 3 aliphatic heterocycles. The van der Waals surface area contributed by atoms with Crippen molar-refractivity contribution in [3.05, 3.63) is 0 Å². The average molecular weight is 284 g/mol. The molecular weight excluding hydrogens is 256 g/mol. The number of rotatable bonds is 1. The van der Waals surface area contributed by atoms with Crippen molar-refractivity contribution in [2.75, 3.05) is 31.2 Å². The van der Waals surface area contributed by atoms with E-state index in [9.17, 15) is 0 Å². The molecule has 3 saturated heterocycles. The molecule has 1 spiro atoms. The number of ether oxygens (including phenoxy) is 1. The zero-order valence-electron chi connectivity index (χ0n) is 12.1. The van der Waals surface area contributed by atoms with E-state index in [0.29, 0.717) is 12.0 Å². The summed E-state index contributed by atoms with van der Waals surface area (Å²) in [5.41, 5.74) is 6.48. The molecule has 0 bridgehead atoms. The van der Waals surface area contributed by atoms with Gasteiger partial charge < -0.3 is 10.5 Å². The minimum atomic E-state index is 0.210. The molecule has 0 aromatic heterocycles. The van der Waals surface area contributed by atoms with E-state index >= 15 is 0 Å². The highest BCUT2D eigenvalue weighted by Crippen LogP contribution is 2.39. The van der Waals surface area contributed by atoms with Crippen molar-refractivity contribution in [1.29, 1.82) is 0 Å². The van der Waals surface area contributed by atoms with Gasteiger partial charge in [0.1, 0.15) is 0 Å². The van der Waals surface area contributed by atoms with Gasteiger partial charge in [0.15, 0.2) is 0 Å². The number of hydrogen-bond acceptors (Lipinski definition) is 4. The molecule has 0 radical (unpaired) electrons. The highest BCUT2D eigenvalue weighted by Gasteiger charge is 2.41. The molecule has 3 heterocycles. The largest absolute Gasteiger partial charge is 0.375 e. The molecule has 2 N–H and O–H groups in total. The summed E-state index contributed by atoms with van der Waals surface area (Å²) in [6.45, 7) is 5.59. The lowest BCUT2D eigenvalue weighted by atomic mass is 9.83. The van der Waals surface area contributed by atoms with E-state index in [0.717, 1.165) is 19.2 Å².